The van der Waals surface area contributed by atoms with Gasteiger partial charge in [0.1, 0.15) is 5.82 Å². The van der Waals surface area contributed by atoms with Crippen LogP contribution in [0.15, 0.2) is 66.9 Å². The molecule has 0 spiro atoms. The molecule has 4 heteroatoms. The van der Waals surface area contributed by atoms with Crippen LogP contribution in [0.2, 0.25) is 0 Å². The molecule has 0 aliphatic carbocycles. The van der Waals surface area contributed by atoms with E-state index in [4.69, 9.17) is 0 Å². The summed E-state index contributed by atoms with van der Waals surface area (Å²) in [5, 5.41) is 0. The predicted octanol–water partition coefficient (Wildman–Crippen LogP) is 4.34. The van der Waals surface area contributed by atoms with Gasteiger partial charge in [-0.25, -0.2) is 9.18 Å². The third-order valence-electron chi connectivity index (χ3n) is 3.53. The fourth-order valence-electron chi connectivity index (χ4n) is 2.36. The summed E-state index contributed by atoms with van der Waals surface area (Å²) in [5.74, 6) is -0.783. The minimum absolute atomic E-state index is 0.334. The molecule has 2 aromatic carbocycles. The van der Waals surface area contributed by atoms with Gasteiger partial charge < -0.3 is 4.74 Å². The summed E-state index contributed by atoms with van der Waals surface area (Å²) in [6, 6.07) is 17.4. The highest BCUT2D eigenvalue weighted by molar-refractivity contribution is 5.90. The molecule has 0 saturated heterocycles. The Morgan fingerprint density at radius 3 is 2.48 bits per heavy atom. The van der Waals surface area contributed by atoms with Crippen LogP contribution >= 0.6 is 0 Å². The fourth-order valence-corrected chi connectivity index (χ4v) is 2.36. The van der Waals surface area contributed by atoms with Gasteiger partial charge in [0.15, 0.2) is 0 Å². The maximum atomic E-state index is 14.4. The van der Waals surface area contributed by atoms with Crippen molar-refractivity contribution in [1.82, 2.24) is 4.98 Å². The summed E-state index contributed by atoms with van der Waals surface area (Å²) in [4.78, 5) is 15.8. The molecule has 1 heterocycles. The highest BCUT2D eigenvalue weighted by Gasteiger charge is 2.10. The number of pyridine rings is 1. The zero-order chi connectivity index (χ0) is 16.2. The maximum absolute atomic E-state index is 14.4. The normalized spacial score (nSPS) is 10.3. The number of hydrogen-bond acceptors (Lipinski definition) is 3. The molecule has 0 amide bonds. The van der Waals surface area contributed by atoms with Crippen LogP contribution in [0, 0.1) is 5.82 Å². The lowest BCUT2D eigenvalue weighted by molar-refractivity contribution is 0.0600. The molecular formula is C19H14FNO2. The number of nitrogens with zero attached hydrogens (tertiary/aromatic N) is 1. The first-order chi connectivity index (χ1) is 11.2. The number of halogens is 1. The van der Waals surface area contributed by atoms with Gasteiger partial charge in [0.2, 0.25) is 0 Å². The SMILES string of the molecule is COC(=O)c1ccnc(-c2ccc(-c3ccccc3)c(F)c2)c1. The van der Waals surface area contributed by atoms with Crippen LogP contribution in [-0.4, -0.2) is 18.1 Å². The number of aromatic nitrogens is 1. The first kappa shape index (κ1) is 14.9. The Bertz CT molecular complexity index is 847. The molecule has 0 fully saturated rings. The van der Waals surface area contributed by atoms with Gasteiger partial charge in [-0.05, 0) is 23.8 Å². The largest absolute Gasteiger partial charge is 0.465 e. The number of hydrogen-bond donors (Lipinski definition) is 0. The van der Waals surface area contributed by atoms with E-state index in [1.165, 1.54) is 19.4 Å². The Kier molecular flexibility index (Phi) is 4.15. The Labute approximate surface area is 133 Å². The van der Waals surface area contributed by atoms with Gasteiger partial charge in [0, 0.05) is 17.3 Å². The van der Waals surface area contributed by atoms with Gasteiger partial charge in [-0.1, -0.05) is 42.5 Å². The van der Waals surface area contributed by atoms with Crippen LogP contribution < -0.4 is 0 Å². The summed E-state index contributed by atoms with van der Waals surface area (Å²) in [6.45, 7) is 0. The highest BCUT2D eigenvalue weighted by atomic mass is 19.1. The molecule has 0 atom stereocenters. The molecular weight excluding hydrogens is 293 g/mol. The number of esters is 1. The second kappa shape index (κ2) is 6.40. The number of carbonyl (C=O) groups excluding carboxylic acids is 1. The van der Waals surface area contributed by atoms with Crippen LogP contribution in [0.3, 0.4) is 0 Å². The van der Waals surface area contributed by atoms with E-state index >= 15 is 0 Å². The zero-order valence-corrected chi connectivity index (χ0v) is 12.5. The first-order valence-electron chi connectivity index (χ1n) is 7.09. The predicted molar refractivity (Wildman–Crippen MR) is 86.4 cm³/mol. The average Bonchev–Trinajstić information content (AvgIpc) is 2.61. The van der Waals surface area contributed by atoms with Gasteiger partial charge in [-0.2, -0.15) is 0 Å². The second-order valence-corrected chi connectivity index (χ2v) is 4.98. The van der Waals surface area contributed by atoms with Gasteiger partial charge in [-0.3, -0.25) is 4.98 Å². The number of methoxy groups -OCH3 is 1. The van der Waals surface area contributed by atoms with E-state index in [-0.39, 0.29) is 5.82 Å². The summed E-state index contributed by atoms with van der Waals surface area (Å²) in [5.41, 5.74) is 2.84. The average molecular weight is 307 g/mol. The van der Waals surface area contributed by atoms with Crippen molar-refractivity contribution in [2.24, 2.45) is 0 Å². The molecule has 23 heavy (non-hydrogen) atoms. The van der Waals surface area contributed by atoms with Crippen molar-refractivity contribution in [3.63, 3.8) is 0 Å². The lowest BCUT2D eigenvalue weighted by Crippen LogP contribution is -2.01. The smallest absolute Gasteiger partial charge is 0.337 e. The van der Waals surface area contributed by atoms with Crippen molar-refractivity contribution in [3.05, 3.63) is 78.2 Å². The van der Waals surface area contributed by atoms with Gasteiger partial charge in [0.05, 0.1) is 18.4 Å². The van der Waals surface area contributed by atoms with Crippen LogP contribution in [0.4, 0.5) is 4.39 Å². The van der Waals surface area contributed by atoms with Crippen LogP contribution in [0.25, 0.3) is 22.4 Å². The summed E-state index contributed by atoms with van der Waals surface area (Å²) in [6.07, 6.45) is 1.50. The van der Waals surface area contributed by atoms with Crippen LogP contribution in [0.1, 0.15) is 10.4 Å². The molecule has 0 saturated carbocycles. The summed E-state index contributed by atoms with van der Waals surface area (Å²) < 4.78 is 19.1. The maximum Gasteiger partial charge on any atom is 0.337 e. The first-order valence-corrected chi connectivity index (χ1v) is 7.09. The van der Waals surface area contributed by atoms with Crippen molar-refractivity contribution in [3.8, 4) is 22.4 Å². The van der Waals surface area contributed by atoms with E-state index in [9.17, 15) is 9.18 Å². The lowest BCUT2D eigenvalue weighted by Gasteiger charge is -2.07. The van der Waals surface area contributed by atoms with E-state index in [1.807, 2.05) is 30.3 Å². The van der Waals surface area contributed by atoms with Gasteiger partial charge >= 0.3 is 5.97 Å². The summed E-state index contributed by atoms with van der Waals surface area (Å²) in [7, 11) is 1.32. The third-order valence-corrected chi connectivity index (χ3v) is 3.53. The molecule has 0 bridgehead atoms. The standard InChI is InChI=1S/C19H14FNO2/c1-23-19(22)15-9-10-21-18(12-15)14-7-8-16(17(20)11-14)13-5-3-2-4-6-13/h2-12H,1H3. The topological polar surface area (TPSA) is 39.2 Å². The molecule has 114 valence electrons. The summed E-state index contributed by atoms with van der Waals surface area (Å²) >= 11 is 0. The molecule has 0 N–H and O–H groups in total. The molecule has 0 radical (unpaired) electrons. The Balaban J connectivity index is 1.99. The van der Waals surface area contributed by atoms with E-state index in [2.05, 4.69) is 9.72 Å². The second-order valence-electron chi connectivity index (χ2n) is 4.98. The Morgan fingerprint density at radius 1 is 1.00 bits per heavy atom. The Morgan fingerprint density at radius 2 is 1.78 bits per heavy atom. The number of rotatable bonds is 3. The van der Waals surface area contributed by atoms with Crippen molar-refractivity contribution >= 4 is 5.97 Å². The molecule has 0 unspecified atom stereocenters. The highest BCUT2D eigenvalue weighted by Crippen LogP contribution is 2.27. The quantitative estimate of drug-likeness (QED) is 0.676. The number of benzene rings is 2. The number of carbonyl (C=O) groups is 1. The van der Waals surface area contributed by atoms with Gasteiger partial charge in [-0.15, -0.1) is 0 Å². The van der Waals surface area contributed by atoms with Crippen LogP contribution in [-0.2, 0) is 4.74 Å². The van der Waals surface area contributed by atoms with Crippen molar-refractivity contribution < 1.29 is 13.9 Å². The monoisotopic (exact) mass is 307 g/mol. The van der Waals surface area contributed by atoms with E-state index in [1.54, 1.807) is 24.3 Å². The molecule has 1 aromatic heterocycles. The lowest BCUT2D eigenvalue weighted by atomic mass is 10.0. The Hall–Kier alpha value is -3.01. The molecule has 3 nitrogen and oxygen atoms in total. The zero-order valence-electron chi connectivity index (χ0n) is 12.5. The van der Waals surface area contributed by atoms with Crippen molar-refractivity contribution in [1.29, 1.82) is 0 Å². The molecule has 3 aromatic rings. The number of ether oxygens (including phenoxy) is 1. The molecule has 3 rings (SSSR count). The third kappa shape index (κ3) is 3.11. The molecule has 0 aliphatic heterocycles. The van der Waals surface area contributed by atoms with Crippen LogP contribution in [0.5, 0.6) is 0 Å². The van der Waals surface area contributed by atoms with Crippen molar-refractivity contribution in [2.45, 2.75) is 0 Å². The van der Waals surface area contributed by atoms with E-state index < -0.39 is 5.97 Å². The minimum atomic E-state index is -0.449. The van der Waals surface area contributed by atoms with Crippen molar-refractivity contribution in [2.75, 3.05) is 7.11 Å². The fraction of sp³-hybridized carbons (Fsp3) is 0.0526. The van der Waals surface area contributed by atoms with E-state index in [0.29, 0.717) is 22.4 Å². The minimum Gasteiger partial charge on any atom is -0.465 e. The van der Waals surface area contributed by atoms with E-state index in [0.717, 1.165) is 5.56 Å². The molecule has 0 aliphatic rings. The van der Waals surface area contributed by atoms with Gasteiger partial charge in [0.25, 0.3) is 0 Å².